The SMILES string of the molecule is O=c1c(C(F)(F)F)cccn1-c1ccc(COc2nc(Cl)nc3cccnc23)cc1. The first-order valence-electron chi connectivity index (χ1n) is 8.62. The Hall–Kier alpha value is -3.46. The van der Waals surface area contributed by atoms with E-state index in [2.05, 4.69) is 15.0 Å². The lowest BCUT2D eigenvalue weighted by Gasteiger charge is -2.11. The van der Waals surface area contributed by atoms with Crippen molar-refractivity contribution < 1.29 is 17.9 Å². The lowest BCUT2D eigenvalue weighted by atomic mass is 10.2. The molecule has 0 fully saturated rings. The van der Waals surface area contributed by atoms with Gasteiger partial charge < -0.3 is 4.74 Å². The Labute approximate surface area is 172 Å². The van der Waals surface area contributed by atoms with Crippen LogP contribution in [0, 0.1) is 0 Å². The number of aromatic nitrogens is 4. The molecule has 6 nitrogen and oxygen atoms in total. The second-order valence-corrected chi connectivity index (χ2v) is 6.56. The van der Waals surface area contributed by atoms with Crippen LogP contribution >= 0.6 is 11.6 Å². The summed E-state index contributed by atoms with van der Waals surface area (Å²) in [5, 5.41) is 0.0183. The highest BCUT2D eigenvalue weighted by Crippen LogP contribution is 2.26. The van der Waals surface area contributed by atoms with Crippen LogP contribution in [0.5, 0.6) is 5.88 Å². The zero-order valence-corrected chi connectivity index (χ0v) is 15.9. The lowest BCUT2D eigenvalue weighted by molar-refractivity contribution is -0.138. The molecule has 0 saturated heterocycles. The van der Waals surface area contributed by atoms with Crippen molar-refractivity contribution in [2.24, 2.45) is 0 Å². The molecule has 0 amide bonds. The zero-order chi connectivity index (χ0) is 21.3. The van der Waals surface area contributed by atoms with Crippen LogP contribution in [0.3, 0.4) is 0 Å². The summed E-state index contributed by atoms with van der Waals surface area (Å²) in [5.41, 5.74) is -0.370. The maximum absolute atomic E-state index is 13.0. The van der Waals surface area contributed by atoms with E-state index < -0.39 is 17.3 Å². The topological polar surface area (TPSA) is 69.9 Å². The molecular weight excluding hydrogens is 421 g/mol. The number of rotatable bonds is 4. The molecule has 30 heavy (non-hydrogen) atoms. The Morgan fingerprint density at radius 2 is 1.80 bits per heavy atom. The Kier molecular flexibility index (Phi) is 5.13. The second-order valence-electron chi connectivity index (χ2n) is 6.22. The van der Waals surface area contributed by atoms with Gasteiger partial charge in [0.2, 0.25) is 11.2 Å². The largest absolute Gasteiger partial charge is 0.471 e. The van der Waals surface area contributed by atoms with Crippen LogP contribution in [0.15, 0.2) is 65.7 Å². The second kappa shape index (κ2) is 7.75. The number of benzene rings is 1. The Balaban J connectivity index is 1.57. The third kappa shape index (κ3) is 3.97. The molecule has 0 bridgehead atoms. The smallest absolute Gasteiger partial charge is 0.421 e. The maximum Gasteiger partial charge on any atom is 0.421 e. The minimum atomic E-state index is -4.72. The first kappa shape index (κ1) is 19.8. The van der Waals surface area contributed by atoms with Gasteiger partial charge in [-0.25, -0.2) is 9.97 Å². The summed E-state index contributed by atoms with van der Waals surface area (Å²) in [7, 11) is 0. The Morgan fingerprint density at radius 3 is 2.53 bits per heavy atom. The quantitative estimate of drug-likeness (QED) is 0.446. The van der Waals surface area contributed by atoms with Crippen LogP contribution in [0.2, 0.25) is 5.28 Å². The van der Waals surface area contributed by atoms with E-state index in [9.17, 15) is 18.0 Å². The minimum absolute atomic E-state index is 0.0183. The number of pyridine rings is 2. The van der Waals surface area contributed by atoms with E-state index in [1.165, 1.54) is 24.4 Å². The van der Waals surface area contributed by atoms with E-state index in [-0.39, 0.29) is 17.8 Å². The van der Waals surface area contributed by atoms with E-state index in [1.807, 2.05) is 0 Å². The fraction of sp³-hybridized carbons (Fsp3) is 0.100. The van der Waals surface area contributed by atoms with Gasteiger partial charge >= 0.3 is 6.18 Å². The van der Waals surface area contributed by atoms with E-state index in [0.717, 1.165) is 10.6 Å². The minimum Gasteiger partial charge on any atom is -0.471 e. The van der Waals surface area contributed by atoms with Crippen LogP contribution in [0.4, 0.5) is 13.2 Å². The van der Waals surface area contributed by atoms with Gasteiger partial charge in [0, 0.05) is 18.1 Å². The van der Waals surface area contributed by atoms with Gasteiger partial charge in [0.1, 0.15) is 12.2 Å². The number of fused-ring (bicyclic) bond motifs is 1. The highest BCUT2D eigenvalue weighted by molar-refractivity contribution is 6.28. The van der Waals surface area contributed by atoms with E-state index in [4.69, 9.17) is 16.3 Å². The third-order valence-electron chi connectivity index (χ3n) is 4.24. The summed E-state index contributed by atoms with van der Waals surface area (Å²) < 4.78 is 45.5. The van der Waals surface area contributed by atoms with Gasteiger partial charge in [-0.05, 0) is 53.6 Å². The highest BCUT2D eigenvalue weighted by Gasteiger charge is 2.34. The molecule has 0 radical (unpaired) electrons. The fourth-order valence-corrected chi connectivity index (χ4v) is 3.00. The summed E-state index contributed by atoms with van der Waals surface area (Å²) >= 11 is 5.91. The fourth-order valence-electron chi connectivity index (χ4n) is 2.83. The van der Waals surface area contributed by atoms with Gasteiger partial charge in [0.25, 0.3) is 5.56 Å². The number of hydrogen-bond acceptors (Lipinski definition) is 5. The average molecular weight is 433 g/mol. The highest BCUT2D eigenvalue weighted by atomic mass is 35.5. The Bertz CT molecular complexity index is 1270. The molecule has 1 aromatic carbocycles. The molecule has 0 atom stereocenters. The molecule has 3 aromatic heterocycles. The maximum atomic E-state index is 13.0. The summed E-state index contributed by atoms with van der Waals surface area (Å²) in [6, 6.07) is 11.7. The van der Waals surface area contributed by atoms with Gasteiger partial charge in [0.15, 0.2) is 5.52 Å². The van der Waals surface area contributed by atoms with Gasteiger partial charge in [0.05, 0.1) is 5.52 Å². The number of nitrogens with zero attached hydrogens (tertiary/aromatic N) is 4. The zero-order valence-electron chi connectivity index (χ0n) is 15.1. The molecule has 0 aliphatic carbocycles. The van der Waals surface area contributed by atoms with Crippen LogP contribution < -0.4 is 10.3 Å². The molecule has 0 aliphatic rings. The van der Waals surface area contributed by atoms with Crippen LogP contribution in [0.1, 0.15) is 11.1 Å². The van der Waals surface area contributed by atoms with Crippen molar-refractivity contribution in [1.29, 1.82) is 0 Å². The summed E-state index contributed by atoms with van der Waals surface area (Å²) in [6.07, 6.45) is -1.86. The monoisotopic (exact) mass is 432 g/mol. The van der Waals surface area contributed by atoms with Crippen LogP contribution in [-0.2, 0) is 12.8 Å². The average Bonchev–Trinajstić information content (AvgIpc) is 2.71. The van der Waals surface area contributed by atoms with Gasteiger partial charge in [-0.2, -0.15) is 18.2 Å². The normalized spacial score (nSPS) is 11.6. The standard InChI is InChI=1S/C20H12ClF3N4O2/c21-19-26-15-4-1-9-25-16(15)17(27-19)30-11-12-5-7-13(8-6-12)28-10-2-3-14(18(28)29)20(22,23)24/h1-10H,11H2. The van der Waals surface area contributed by atoms with Crippen molar-refractivity contribution >= 4 is 22.6 Å². The van der Waals surface area contributed by atoms with Crippen LogP contribution in [0.25, 0.3) is 16.7 Å². The molecular formula is C20H12ClF3N4O2. The third-order valence-corrected chi connectivity index (χ3v) is 4.41. The summed E-state index contributed by atoms with van der Waals surface area (Å²) in [6.45, 7) is 0.108. The molecule has 4 rings (SSSR count). The van der Waals surface area contributed by atoms with E-state index >= 15 is 0 Å². The van der Waals surface area contributed by atoms with E-state index in [1.54, 1.807) is 30.5 Å². The van der Waals surface area contributed by atoms with Crippen molar-refractivity contribution in [3.05, 3.63) is 87.7 Å². The molecule has 0 aliphatic heterocycles. The summed E-state index contributed by atoms with van der Waals surface area (Å²) in [5.74, 6) is 0.212. The van der Waals surface area contributed by atoms with Gasteiger partial charge in [-0.3, -0.25) is 9.36 Å². The number of halogens is 4. The molecule has 4 aromatic rings. The van der Waals surface area contributed by atoms with Gasteiger partial charge in [-0.1, -0.05) is 12.1 Å². The first-order chi connectivity index (χ1) is 14.3. The molecule has 0 N–H and O–H groups in total. The molecule has 0 unspecified atom stereocenters. The van der Waals surface area contributed by atoms with Crippen molar-refractivity contribution in [2.45, 2.75) is 12.8 Å². The molecule has 3 heterocycles. The molecule has 10 heteroatoms. The summed E-state index contributed by atoms with van der Waals surface area (Å²) in [4.78, 5) is 24.5. The van der Waals surface area contributed by atoms with E-state index in [0.29, 0.717) is 22.3 Å². The van der Waals surface area contributed by atoms with Gasteiger partial charge in [-0.15, -0.1) is 0 Å². The van der Waals surface area contributed by atoms with Crippen molar-refractivity contribution in [2.75, 3.05) is 0 Å². The molecule has 152 valence electrons. The van der Waals surface area contributed by atoms with Crippen molar-refractivity contribution in [3.8, 4) is 11.6 Å². The molecule has 0 saturated carbocycles. The predicted octanol–water partition coefficient (Wildman–Crippen LogP) is 4.43. The van der Waals surface area contributed by atoms with Crippen LogP contribution in [-0.4, -0.2) is 19.5 Å². The number of hydrogen-bond donors (Lipinski definition) is 0. The number of alkyl halides is 3. The van der Waals surface area contributed by atoms with Crippen molar-refractivity contribution in [3.63, 3.8) is 0 Å². The lowest BCUT2D eigenvalue weighted by Crippen LogP contribution is -2.26. The number of ether oxygens (including phenoxy) is 1. The first-order valence-corrected chi connectivity index (χ1v) is 9.00. The Morgan fingerprint density at radius 1 is 1.03 bits per heavy atom. The predicted molar refractivity (Wildman–Crippen MR) is 104 cm³/mol. The molecule has 0 spiro atoms. The van der Waals surface area contributed by atoms with Crippen molar-refractivity contribution in [1.82, 2.24) is 19.5 Å².